The molecule has 3 nitrogen and oxygen atoms in total. The van der Waals surface area contributed by atoms with Gasteiger partial charge in [-0.15, -0.1) is 0 Å². The topological polar surface area (TPSA) is 29.5 Å². The minimum atomic E-state index is 0.208. The van der Waals surface area contributed by atoms with Crippen LogP contribution < -0.4 is 0 Å². The molecule has 0 atom stereocenters. The molecule has 0 unspecified atom stereocenters. The van der Waals surface area contributed by atoms with Gasteiger partial charge >= 0.3 is 0 Å². The van der Waals surface area contributed by atoms with Gasteiger partial charge in [0.15, 0.2) is 0 Å². The first-order chi connectivity index (χ1) is 6.83. The zero-order valence-electron chi connectivity index (χ0n) is 8.71. The fraction of sp³-hybridized carbons (Fsp3) is 0.727. The Bertz CT molecular complexity index is 270. The van der Waals surface area contributed by atoms with Gasteiger partial charge in [-0.3, -0.25) is 4.79 Å². The van der Waals surface area contributed by atoms with Crippen molar-refractivity contribution >= 4 is 5.91 Å². The summed E-state index contributed by atoms with van der Waals surface area (Å²) in [5.41, 5.74) is 2.28. The summed E-state index contributed by atoms with van der Waals surface area (Å²) >= 11 is 0. The van der Waals surface area contributed by atoms with Crippen molar-refractivity contribution in [2.24, 2.45) is 0 Å². The fourth-order valence-corrected chi connectivity index (χ4v) is 2.15. The van der Waals surface area contributed by atoms with E-state index in [1.165, 1.54) is 12.0 Å². The Morgan fingerprint density at radius 1 is 1.36 bits per heavy atom. The molecule has 14 heavy (non-hydrogen) atoms. The standard InChI is InChI=1S/C11H17NO2/c1-2-12-8-14-7-9-5-3-4-6-10(9)11(12)13/h2-8H2,1H3. The number of likely N-dealkylation sites (N-methyl/N-ethyl adjacent to an activating group) is 1. The Morgan fingerprint density at radius 3 is 2.93 bits per heavy atom. The second-order valence-electron chi connectivity index (χ2n) is 3.93. The molecule has 0 saturated heterocycles. The summed E-state index contributed by atoms with van der Waals surface area (Å²) in [5, 5.41) is 0. The van der Waals surface area contributed by atoms with Crippen molar-refractivity contribution in [3.8, 4) is 0 Å². The van der Waals surface area contributed by atoms with E-state index < -0.39 is 0 Å². The maximum atomic E-state index is 12.0. The molecule has 2 rings (SSSR count). The van der Waals surface area contributed by atoms with Crippen LogP contribution in [0.1, 0.15) is 32.6 Å². The zero-order chi connectivity index (χ0) is 9.97. The molecule has 1 aliphatic carbocycles. The second kappa shape index (κ2) is 4.13. The van der Waals surface area contributed by atoms with Gasteiger partial charge in [0.05, 0.1) is 6.61 Å². The van der Waals surface area contributed by atoms with Gasteiger partial charge in [0.2, 0.25) is 0 Å². The maximum Gasteiger partial charge on any atom is 0.251 e. The quantitative estimate of drug-likeness (QED) is 0.637. The van der Waals surface area contributed by atoms with E-state index in [4.69, 9.17) is 4.74 Å². The lowest BCUT2D eigenvalue weighted by molar-refractivity contribution is -0.131. The molecule has 2 aliphatic rings. The molecule has 78 valence electrons. The van der Waals surface area contributed by atoms with Crippen molar-refractivity contribution in [2.45, 2.75) is 32.6 Å². The molecule has 1 heterocycles. The van der Waals surface area contributed by atoms with Crippen LogP contribution in [-0.4, -0.2) is 30.7 Å². The first-order valence-corrected chi connectivity index (χ1v) is 5.41. The lowest BCUT2D eigenvalue weighted by atomic mass is 9.91. The van der Waals surface area contributed by atoms with Crippen molar-refractivity contribution in [2.75, 3.05) is 19.9 Å². The summed E-state index contributed by atoms with van der Waals surface area (Å²) in [6.45, 7) is 3.87. The summed E-state index contributed by atoms with van der Waals surface area (Å²) < 4.78 is 5.49. The third kappa shape index (κ3) is 1.69. The van der Waals surface area contributed by atoms with Crippen LogP contribution >= 0.6 is 0 Å². The van der Waals surface area contributed by atoms with Crippen molar-refractivity contribution in [1.82, 2.24) is 4.90 Å². The summed E-state index contributed by atoms with van der Waals surface area (Å²) in [4.78, 5) is 13.8. The van der Waals surface area contributed by atoms with E-state index in [-0.39, 0.29) is 5.91 Å². The normalized spacial score (nSPS) is 23.5. The van der Waals surface area contributed by atoms with Crippen LogP contribution in [0.3, 0.4) is 0 Å². The maximum absolute atomic E-state index is 12.0. The summed E-state index contributed by atoms with van der Waals surface area (Å²) in [5.74, 6) is 0.208. The highest BCUT2D eigenvalue weighted by Gasteiger charge is 2.25. The smallest absolute Gasteiger partial charge is 0.251 e. The predicted molar refractivity (Wildman–Crippen MR) is 53.7 cm³/mol. The van der Waals surface area contributed by atoms with Crippen molar-refractivity contribution < 1.29 is 9.53 Å². The van der Waals surface area contributed by atoms with E-state index in [0.717, 1.165) is 31.4 Å². The summed E-state index contributed by atoms with van der Waals surface area (Å²) in [6.07, 6.45) is 4.37. The van der Waals surface area contributed by atoms with Crippen molar-refractivity contribution in [3.63, 3.8) is 0 Å². The van der Waals surface area contributed by atoms with Gasteiger partial charge in [-0.05, 0) is 38.2 Å². The van der Waals surface area contributed by atoms with Crippen LogP contribution in [0.25, 0.3) is 0 Å². The molecule has 3 heteroatoms. The van der Waals surface area contributed by atoms with Crippen LogP contribution in [0.4, 0.5) is 0 Å². The van der Waals surface area contributed by atoms with E-state index in [9.17, 15) is 4.79 Å². The molecule has 0 radical (unpaired) electrons. The Balaban J connectivity index is 2.24. The molecule has 0 aromatic heterocycles. The molecule has 0 aromatic carbocycles. The Hall–Kier alpha value is -0.830. The minimum absolute atomic E-state index is 0.208. The molecule has 1 aliphatic heterocycles. The minimum Gasteiger partial charge on any atom is -0.357 e. The van der Waals surface area contributed by atoms with E-state index >= 15 is 0 Å². The monoisotopic (exact) mass is 195 g/mol. The van der Waals surface area contributed by atoms with Gasteiger partial charge in [-0.1, -0.05) is 0 Å². The zero-order valence-corrected chi connectivity index (χ0v) is 8.71. The summed E-state index contributed by atoms with van der Waals surface area (Å²) in [7, 11) is 0. The molecular formula is C11H17NO2. The third-order valence-corrected chi connectivity index (χ3v) is 3.03. The fourth-order valence-electron chi connectivity index (χ4n) is 2.15. The van der Waals surface area contributed by atoms with Crippen LogP contribution in [0.2, 0.25) is 0 Å². The van der Waals surface area contributed by atoms with Crippen LogP contribution in [0.5, 0.6) is 0 Å². The summed E-state index contributed by atoms with van der Waals surface area (Å²) in [6, 6.07) is 0. The number of hydrogen-bond donors (Lipinski definition) is 0. The van der Waals surface area contributed by atoms with Gasteiger partial charge in [-0.2, -0.15) is 0 Å². The van der Waals surface area contributed by atoms with E-state index in [1.54, 1.807) is 4.90 Å². The van der Waals surface area contributed by atoms with Crippen LogP contribution in [0, 0.1) is 0 Å². The molecule has 0 saturated carbocycles. The molecule has 0 fully saturated rings. The highest BCUT2D eigenvalue weighted by molar-refractivity contribution is 5.94. The van der Waals surface area contributed by atoms with Crippen LogP contribution in [-0.2, 0) is 9.53 Å². The number of ether oxygens (including phenoxy) is 1. The van der Waals surface area contributed by atoms with Gasteiger partial charge < -0.3 is 9.64 Å². The number of amides is 1. The lowest BCUT2D eigenvalue weighted by Gasteiger charge is -2.21. The molecule has 0 N–H and O–H groups in total. The Morgan fingerprint density at radius 2 is 2.14 bits per heavy atom. The molecule has 0 bridgehead atoms. The molecular weight excluding hydrogens is 178 g/mol. The van der Waals surface area contributed by atoms with Gasteiger partial charge in [0, 0.05) is 12.1 Å². The van der Waals surface area contributed by atoms with E-state index in [1.807, 2.05) is 6.92 Å². The third-order valence-electron chi connectivity index (χ3n) is 3.03. The van der Waals surface area contributed by atoms with Gasteiger partial charge in [0.25, 0.3) is 5.91 Å². The number of nitrogens with zero attached hydrogens (tertiary/aromatic N) is 1. The average Bonchev–Trinajstić information content (AvgIpc) is 2.39. The van der Waals surface area contributed by atoms with Crippen molar-refractivity contribution in [3.05, 3.63) is 11.1 Å². The lowest BCUT2D eigenvalue weighted by Crippen LogP contribution is -2.32. The van der Waals surface area contributed by atoms with E-state index in [2.05, 4.69) is 0 Å². The highest BCUT2D eigenvalue weighted by Crippen LogP contribution is 2.28. The van der Waals surface area contributed by atoms with Gasteiger partial charge in [0.1, 0.15) is 6.73 Å². The SMILES string of the molecule is CCN1COCC2=C(CCCC2)C1=O. The average molecular weight is 195 g/mol. The van der Waals surface area contributed by atoms with Gasteiger partial charge in [-0.25, -0.2) is 0 Å². The Labute approximate surface area is 84.7 Å². The highest BCUT2D eigenvalue weighted by atomic mass is 16.5. The second-order valence-corrected chi connectivity index (χ2v) is 3.93. The largest absolute Gasteiger partial charge is 0.357 e. The first kappa shape index (κ1) is 9.71. The number of carbonyl (C=O) groups excluding carboxylic acids is 1. The molecule has 1 amide bonds. The molecule has 0 spiro atoms. The molecule has 0 aromatic rings. The Kier molecular flexibility index (Phi) is 2.87. The predicted octanol–water partition coefficient (Wildman–Crippen LogP) is 1.69. The first-order valence-electron chi connectivity index (χ1n) is 5.41. The van der Waals surface area contributed by atoms with Crippen LogP contribution in [0.15, 0.2) is 11.1 Å². The number of carbonyl (C=O) groups is 1. The number of rotatable bonds is 1. The van der Waals surface area contributed by atoms with Crippen molar-refractivity contribution in [1.29, 1.82) is 0 Å². The number of hydrogen-bond acceptors (Lipinski definition) is 2. The van der Waals surface area contributed by atoms with E-state index in [0.29, 0.717) is 13.3 Å².